The highest BCUT2D eigenvalue weighted by Gasteiger charge is 2.27. The summed E-state index contributed by atoms with van der Waals surface area (Å²) >= 11 is 0. The average molecular weight is 313 g/mol. The molecule has 0 unspecified atom stereocenters. The lowest BCUT2D eigenvalue weighted by molar-refractivity contribution is -0.121. The summed E-state index contributed by atoms with van der Waals surface area (Å²) in [6, 6.07) is 3.96. The number of nitrogens with one attached hydrogen (secondary N) is 1. The lowest BCUT2D eigenvalue weighted by atomic mass is 10.0. The molecule has 0 spiro atoms. The van der Waals surface area contributed by atoms with Crippen LogP contribution < -0.4 is 5.32 Å². The van der Waals surface area contributed by atoms with Crippen LogP contribution in [0.2, 0.25) is 0 Å². The van der Waals surface area contributed by atoms with E-state index < -0.39 is 0 Å². The molecule has 0 aromatic carbocycles. The quantitative estimate of drug-likeness (QED) is 0.904. The van der Waals surface area contributed by atoms with Crippen LogP contribution >= 0.6 is 0 Å². The predicted octanol–water partition coefficient (Wildman–Crippen LogP) is 0.686. The van der Waals surface area contributed by atoms with Gasteiger partial charge in [0.2, 0.25) is 5.91 Å². The molecule has 0 bridgehead atoms. The van der Waals surface area contributed by atoms with Crippen LogP contribution in [0.5, 0.6) is 0 Å². The van der Waals surface area contributed by atoms with E-state index >= 15 is 0 Å². The Morgan fingerprint density at radius 1 is 1.35 bits per heavy atom. The molecule has 1 N–H and O–H groups in total. The van der Waals surface area contributed by atoms with E-state index in [0.717, 1.165) is 12.2 Å². The van der Waals surface area contributed by atoms with Crippen molar-refractivity contribution in [3.63, 3.8) is 0 Å². The van der Waals surface area contributed by atoms with Crippen molar-refractivity contribution >= 4 is 11.8 Å². The number of rotatable bonds is 3. The summed E-state index contributed by atoms with van der Waals surface area (Å²) in [4.78, 5) is 34.2. The van der Waals surface area contributed by atoms with E-state index in [0.29, 0.717) is 25.2 Å². The minimum atomic E-state index is -0.158. The molecule has 0 saturated heterocycles. The van der Waals surface area contributed by atoms with Crippen molar-refractivity contribution in [3.8, 4) is 0 Å². The lowest BCUT2D eigenvalue weighted by Crippen LogP contribution is -2.36. The summed E-state index contributed by atoms with van der Waals surface area (Å²) in [5.74, 6) is -0.114. The molecular formula is C16H19N5O2. The van der Waals surface area contributed by atoms with Crippen molar-refractivity contribution in [2.24, 2.45) is 5.92 Å². The largest absolute Gasteiger partial charge is 0.359 e. The van der Waals surface area contributed by atoms with Crippen LogP contribution in [-0.4, -0.2) is 44.8 Å². The van der Waals surface area contributed by atoms with Gasteiger partial charge in [-0.3, -0.25) is 14.6 Å². The molecule has 0 aliphatic carbocycles. The first-order valence-electron chi connectivity index (χ1n) is 7.57. The number of hydrogen-bond donors (Lipinski definition) is 1. The zero-order valence-electron chi connectivity index (χ0n) is 13.0. The van der Waals surface area contributed by atoms with Crippen LogP contribution in [0.4, 0.5) is 0 Å². The molecule has 0 fully saturated rings. The van der Waals surface area contributed by atoms with Gasteiger partial charge in [0, 0.05) is 56.8 Å². The molecule has 7 nitrogen and oxygen atoms in total. The van der Waals surface area contributed by atoms with Gasteiger partial charge in [0.25, 0.3) is 5.91 Å². The van der Waals surface area contributed by atoms with E-state index in [2.05, 4.69) is 19.9 Å². The third kappa shape index (κ3) is 3.39. The van der Waals surface area contributed by atoms with Gasteiger partial charge in [-0.2, -0.15) is 0 Å². The topological polar surface area (TPSA) is 80.1 Å². The van der Waals surface area contributed by atoms with Gasteiger partial charge >= 0.3 is 0 Å². The van der Waals surface area contributed by atoms with Gasteiger partial charge in [-0.25, -0.2) is 4.98 Å². The van der Waals surface area contributed by atoms with Crippen LogP contribution in [0.1, 0.15) is 22.6 Å². The fourth-order valence-electron chi connectivity index (χ4n) is 2.90. The third-order valence-corrected chi connectivity index (χ3v) is 4.03. The first-order chi connectivity index (χ1) is 11.2. The highest BCUT2D eigenvalue weighted by molar-refractivity contribution is 5.92. The molecule has 2 amide bonds. The van der Waals surface area contributed by atoms with E-state index in [1.807, 2.05) is 18.3 Å². The fraction of sp³-hybridized carbons (Fsp3) is 0.375. The summed E-state index contributed by atoms with van der Waals surface area (Å²) in [6.07, 6.45) is 6.90. The fourth-order valence-corrected chi connectivity index (χ4v) is 2.90. The molecule has 1 atom stereocenters. The Morgan fingerprint density at radius 2 is 2.22 bits per heavy atom. The number of amides is 2. The second kappa shape index (κ2) is 6.60. The normalized spacial score (nSPS) is 17.3. The number of aromatic nitrogens is 3. The Hall–Kier alpha value is -2.70. The second-order valence-corrected chi connectivity index (χ2v) is 5.67. The maximum absolute atomic E-state index is 12.7. The Labute approximate surface area is 134 Å². The van der Waals surface area contributed by atoms with Gasteiger partial charge < -0.3 is 14.8 Å². The summed E-state index contributed by atoms with van der Waals surface area (Å²) in [5.41, 5.74) is 1.38. The van der Waals surface area contributed by atoms with Crippen molar-refractivity contribution < 1.29 is 9.59 Å². The summed E-state index contributed by atoms with van der Waals surface area (Å²) in [7, 11) is 1.63. The second-order valence-electron chi connectivity index (χ2n) is 5.67. The molecule has 7 heteroatoms. The average Bonchev–Trinajstić information content (AvgIpc) is 2.93. The molecule has 1 aliphatic heterocycles. The standard InChI is InChI=1S/C16H19N5O2/c1-17-15(22)7-12-9-20-6-2-3-13(20)11-21(10-12)16(23)14-8-18-4-5-19-14/h2-6,8,12H,7,9-11H2,1H3,(H,17,22)/t12-/m1/s1. The molecule has 120 valence electrons. The van der Waals surface area contributed by atoms with Crippen molar-refractivity contribution in [3.05, 3.63) is 48.3 Å². The van der Waals surface area contributed by atoms with Gasteiger partial charge in [0.1, 0.15) is 5.69 Å². The minimum Gasteiger partial charge on any atom is -0.359 e. The number of carbonyl (C=O) groups is 2. The monoisotopic (exact) mass is 313 g/mol. The Bertz CT molecular complexity index is 698. The molecule has 23 heavy (non-hydrogen) atoms. The molecule has 3 rings (SSSR count). The maximum atomic E-state index is 12.7. The molecular weight excluding hydrogens is 294 g/mol. The van der Waals surface area contributed by atoms with E-state index in [-0.39, 0.29) is 17.7 Å². The SMILES string of the molecule is CNC(=O)C[C@H]1CN(C(=O)c2cnccn2)Cc2cccn2C1. The third-order valence-electron chi connectivity index (χ3n) is 4.03. The molecule has 0 radical (unpaired) electrons. The Balaban J connectivity index is 1.84. The number of hydrogen-bond acceptors (Lipinski definition) is 4. The van der Waals surface area contributed by atoms with E-state index in [9.17, 15) is 9.59 Å². The van der Waals surface area contributed by atoms with E-state index in [4.69, 9.17) is 0 Å². The smallest absolute Gasteiger partial charge is 0.274 e. The van der Waals surface area contributed by atoms with Crippen molar-refractivity contribution in [1.29, 1.82) is 0 Å². The van der Waals surface area contributed by atoms with E-state index in [1.165, 1.54) is 12.4 Å². The first kappa shape index (κ1) is 15.2. The van der Waals surface area contributed by atoms with Gasteiger partial charge in [0.15, 0.2) is 0 Å². The Kier molecular flexibility index (Phi) is 4.36. The molecule has 2 aromatic heterocycles. The highest BCUT2D eigenvalue weighted by Crippen LogP contribution is 2.20. The minimum absolute atomic E-state index is 0.0162. The lowest BCUT2D eigenvalue weighted by Gasteiger charge is -2.23. The van der Waals surface area contributed by atoms with Crippen LogP contribution in [-0.2, 0) is 17.9 Å². The Morgan fingerprint density at radius 3 is 2.96 bits per heavy atom. The predicted molar refractivity (Wildman–Crippen MR) is 83.4 cm³/mol. The van der Waals surface area contributed by atoms with Gasteiger partial charge in [-0.15, -0.1) is 0 Å². The van der Waals surface area contributed by atoms with Crippen molar-refractivity contribution in [2.75, 3.05) is 13.6 Å². The maximum Gasteiger partial charge on any atom is 0.274 e. The highest BCUT2D eigenvalue weighted by atomic mass is 16.2. The molecule has 0 saturated carbocycles. The van der Waals surface area contributed by atoms with Gasteiger partial charge in [0.05, 0.1) is 12.7 Å². The van der Waals surface area contributed by atoms with Crippen LogP contribution in [0.25, 0.3) is 0 Å². The van der Waals surface area contributed by atoms with Gasteiger partial charge in [-0.1, -0.05) is 0 Å². The summed E-state index contributed by atoms with van der Waals surface area (Å²) < 4.78 is 2.11. The molecule has 1 aliphatic rings. The number of carbonyl (C=O) groups excluding carboxylic acids is 2. The van der Waals surface area contributed by atoms with Crippen LogP contribution in [0, 0.1) is 5.92 Å². The molecule has 2 aromatic rings. The summed E-state index contributed by atoms with van der Waals surface area (Å²) in [6.45, 7) is 1.75. The summed E-state index contributed by atoms with van der Waals surface area (Å²) in [5, 5.41) is 2.65. The van der Waals surface area contributed by atoms with Crippen molar-refractivity contribution in [2.45, 2.75) is 19.5 Å². The van der Waals surface area contributed by atoms with Crippen molar-refractivity contribution in [1.82, 2.24) is 24.8 Å². The van der Waals surface area contributed by atoms with E-state index in [1.54, 1.807) is 18.1 Å². The zero-order chi connectivity index (χ0) is 16.2. The van der Waals surface area contributed by atoms with Gasteiger partial charge in [-0.05, 0) is 12.1 Å². The number of fused-ring (bicyclic) bond motifs is 1. The van der Waals surface area contributed by atoms with Crippen LogP contribution in [0.15, 0.2) is 36.9 Å². The van der Waals surface area contributed by atoms with Crippen LogP contribution in [0.3, 0.4) is 0 Å². The zero-order valence-corrected chi connectivity index (χ0v) is 13.0. The molecule has 3 heterocycles. The first-order valence-corrected chi connectivity index (χ1v) is 7.57. The number of nitrogens with zero attached hydrogens (tertiary/aromatic N) is 4.